The minimum absolute atomic E-state index is 0.108. The van der Waals surface area contributed by atoms with E-state index < -0.39 is 11.3 Å². The quantitative estimate of drug-likeness (QED) is 0.792. The molecule has 2 atom stereocenters. The summed E-state index contributed by atoms with van der Waals surface area (Å²) in [5.41, 5.74) is 7.59. The van der Waals surface area contributed by atoms with Crippen molar-refractivity contribution < 1.29 is 4.79 Å². The Morgan fingerprint density at radius 1 is 1.42 bits per heavy atom. The van der Waals surface area contributed by atoms with Crippen molar-refractivity contribution in [2.75, 3.05) is 6.54 Å². The number of imidazole rings is 1. The third-order valence-corrected chi connectivity index (χ3v) is 5.01. The number of hydrogen-bond acceptors (Lipinski definition) is 4. The highest BCUT2D eigenvalue weighted by atomic mass is 16.3. The smallest absolute Gasteiger partial charge is 0.298 e. The minimum Gasteiger partial charge on any atom is -0.330 e. The summed E-state index contributed by atoms with van der Waals surface area (Å²) in [6.45, 7) is 2.69. The highest BCUT2D eigenvalue weighted by molar-refractivity contribution is 5.92. The van der Waals surface area contributed by atoms with Gasteiger partial charge in [0.2, 0.25) is 0 Å². The van der Waals surface area contributed by atoms with Gasteiger partial charge in [-0.1, -0.05) is 19.1 Å². The summed E-state index contributed by atoms with van der Waals surface area (Å²) in [5, 5.41) is 2.69. The van der Waals surface area contributed by atoms with Gasteiger partial charge >= 0.3 is 0 Å². The predicted octanol–water partition coefficient (Wildman–Crippen LogP) is 2.72. The van der Waals surface area contributed by atoms with Crippen molar-refractivity contribution in [2.24, 2.45) is 16.8 Å². The molecule has 3 rings (SSSR count). The molecule has 2 aromatic rings. The maximum absolute atomic E-state index is 12.1. The topological polar surface area (TPSA) is 90.3 Å². The molecule has 1 saturated carbocycles. The summed E-state index contributed by atoms with van der Waals surface area (Å²) in [6.07, 6.45) is 6.79. The van der Waals surface area contributed by atoms with Crippen LogP contribution in [-0.4, -0.2) is 22.0 Å². The van der Waals surface area contributed by atoms with Gasteiger partial charge < -0.3 is 10.3 Å². The molecule has 0 saturated heterocycles. The molecule has 0 bridgehead atoms. The van der Waals surface area contributed by atoms with E-state index >= 15 is 0 Å². The summed E-state index contributed by atoms with van der Waals surface area (Å²) in [6, 6.07) is 8.19. The molecule has 1 aliphatic carbocycles. The van der Waals surface area contributed by atoms with E-state index in [1.54, 1.807) is 6.33 Å². The molecule has 1 aliphatic rings. The van der Waals surface area contributed by atoms with E-state index in [4.69, 9.17) is 5.73 Å². The summed E-state index contributed by atoms with van der Waals surface area (Å²) in [4.78, 5) is 27.4. The Labute approximate surface area is 141 Å². The SMILES string of the molecule is CCc1ccc(-n2cnc(C3(C(=O)N=O)CC3CCCN)c2)cc1. The van der Waals surface area contributed by atoms with Crippen LogP contribution in [0.5, 0.6) is 0 Å². The highest BCUT2D eigenvalue weighted by Crippen LogP contribution is 2.56. The van der Waals surface area contributed by atoms with Crippen LogP contribution in [-0.2, 0) is 16.6 Å². The molecule has 2 unspecified atom stereocenters. The number of nitroso groups, excluding NO2 is 1. The molecule has 2 N–H and O–H groups in total. The molecule has 1 heterocycles. The first-order valence-corrected chi connectivity index (χ1v) is 8.37. The molecule has 1 amide bonds. The Hall–Kier alpha value is -2.34. The summed E-state index contributed by atoms with van der Waals surface area (Å²) < 4.78 is 1.88. The first-order valence-electron chi connectivity index (χ1n) is 8.37. The van der Waals surface area contributed by atoms with E-state index in [1.807, 2.05) is 22.9 Å². The van der Waals surface area contributed by atoms with Crippen molar-refractivity contribution in [3.8, 4) is 5.69 Å². The second-order valence-electron chi connectivity index (χ2n) is 6.39. The zero-order valence-electron chi connectivity index (χ0n) is 13.8. The monoisotopic (exact) mass is 326 g/mol. The number of aryl methyl sites for hydroxylation is 1. The Kier molecular flexibility index (Phi) is 4.57. The van der Waals surface area contributed by atoms with Crippen LogP contribution in [0.2, 0.25) is 0 Å². The zero-order valence-corrected chi connectivity index (χ0v) is 13.8. The van der Waals surface area contributed by atoms with E-state index in [0.717, 1.165) is 24.9 Å². The van der Waals surface area contributed by atoms with Crippen LogP contribution in [0.3, 0.4) is 0 Å². The molecule has 1 aromatic carbocycles. The van der Waals surface area contributed by atoms with Gasteiger partial charge in [0.15, 0.2) is 0 Å². The van der Waals surface area contributed by atoms with E-state index in [1.165, 1.54) is 5.56 Å². The Morgan fingerprint density at radius 3 is 2.79 bits per heavy atom. The number of benzene rings is 1. The van der Waals surface area contributed by atoms with Gasteiger partial charge in [-0.15, -0.1) is 4.91 Å². The van der Waals surface area contributed by atoms with Crippen LogP contribution in [0.4, 0.5) is 0 Å². The minimum atomic E-state index is -0.842. The number of amides is 1. The Bertz CT molecular complexity index is 738. The van der Waals surface area contributed by atoms with E-state index in [9.17, 15) is 9.70 Å². The van der Waals surface area contributed by atoms with Gasteiger partial charge in [0.1, 0.15) is 5.41 Å². The predicted molar refractivity (Wildman–Crippen MR) is 91.8 cm³/mol. The van der Waals surface area contributed by atoms with Crippen molar-refractivity contribution >= 4 is 5.91 Å². The normalized spacial score (nSPS) is 22.3. The first kappa shape index (κ1) is 16.5. The van der Waals surface area contributed by atoms with Crippen LogP contribution >= 0.6 is 0 Å². The lowest BCUT2D eigenvalue weighted by Crippen LogP contribution is -2.22. The maximum Gasteiger partial charge on any atom is 0.298 e. The van der Waals surface area contributed by atoms with Gasteiger partial charge in [0, 0.05) is 17.1 Å². The molecule has 1 aromatic heterocycles. The fourth-order valence-corrected chi connectivity index (χ4v) is 3.41. The second kappa shape index (κ2) is 6.65. The molecule has 24 heavy (non-hydrogen) atoms. The average molecular weight is 326 g/mol. The van der Waals surface area contributed by atoms with Gasteiger partial charge in [-0.2, -0.15) is 0 Å². The van der Waals surface area contributed by atoms with Crippen molar-refractivity contribution in [1.29, 1.82) is 0 Å². The fraction of sp³-hybridized carbons (Fsp3) is 0.444. The van der Waals surface area contributed by atoms with Crippen molar-refractivity contribution in [1.82, 2.24) is 9.55 Å². The molecular weight excluding hydrogens is 304 g/mol. The van der Waals surface area contributed by atoms with Gasteiger partial charge in [-0.25, -0.2) is 4.98 Å². The third-order valence-electron chi connectivity index (χ3n) is 5.01. The highest BCUT2D eigenvalue weighted by Gasteiger charge is 2.62. The molecule has 6 nitrogen and oxygen atoms in total. The molecular formula is C18H22N4O2. The number of aromatic nitrogens is 2. The summed E-state index contributed by atoms with van der Waals surface area (Å²) in [7, 11) is 0. The van der Waals surface area contributed by atoms with Gasteiger partial charge in [0.05, 0.1) is 12.0 Å². The average Bonchev–Trinajstić information content (AvgIpc) is 3.15. The number of rotatable bonds is 7. The van der Waals surface area contributed by atoms with Crippen LogP contribution in [0.1, 0.15) is 37.4 Å². The van der Waals surface area contributed by atoms with Crippen molar-refractivity contribution in [3.05, 3.63) is 53.0 Å². The Morgan fingerprint density at radius 2 is 2.17 bits per heavy atom. The van der Waals surface area contributed by atoms with E-state index in [-0.39, 0.29) is 5.92 Å². The lowest BCUT2D eigenvalue weighted by molar-refractivity contribution is -0.120. The zero-order chi connectivity index (χ0) is 17.2. The van der Waals surface area contributed by atoms with Crippen molar-refractivity contribution in [3.63, 3.8) is 0 Å². The summed E-state index contributed by atoms with van der Waals surface area (Å²) in [5.74, 6) is -0.506. The second-order valence-corrected chi connectivity index (χ2v) is 6.39. The number of carbonyl (C=O) groups excluding carboxylic acids is 1. The van der Waals surface area contributed by atoms with Crippen molar-refractivity contribution in [2.45, 2.75) is 38.0 Å². The maximum atomic E-state index is 12.1. The first-order chi connectivity index (χ1) is 11.7. The third kappa shape index (κ3) is 2.78. The van der Waals surface area contributed by atoms with Crippen LogP contribution in [0.15, 0.2) is 42.0 Å². The molecule has 126 valence electrons. The molecule has 1 fully saturated rings. The molecule has 0 radical (unpaired) electrons. The lowest BCUT2D eigenvalue weighted by Gasteiger charge is -2.09. The van der Waals surface area contributed by atoms with Gasteiger partial charge in [0.25, 0.3) is 5.91 Å². The van der Waals surface area contributed by atoms with E-state index in [2.05, 4.69) is 29.2 Å². The molecule has 0 spiro atoms. The van der Waals surface area contributed by atoms with Crippen LogP contribution in [0, 0.1) is 10.8 Å². The number of nitrogens with zero attached hydrogens (tertiary/aromatic N) is 3. The van der Waals surface area contributed by atoms with Gasteiger partial charge in [-0.3, -0.25) is 4.79 Å². The molecule has 0 aliphatic heterocycles. The van der Waals surface area contributed by atoms with Crippen LogP contribution in [0.25, 0.3) is 5.69 Å². The Balaban J connectivity index is 1.87. The fourth-order valence-electron chi connectivity index (χ4n) is 3.41. The lowest BCUT2D eigenvalue weighted by atomic mass is 9.97. The number of nitrogens with two attached hydrogens (primary N) is 1. The standard InChI is InChI=1S/C18H22N4O2/c1-2-13-5-7-15(8-6-13)22-11-16(20-12-22)18(17(23)21-24)10-14(18)4-3-9-19/h5-8,11-12,14H,2-4,9-10,19H2,1H3. The van der Waals surface area contributed by atoms with Gasteiger partial charge in [-0.05, 0) is 55.8 Å². The summed E-state index contributed by atoms with van der Waals surface area (Å²) >= 11 is 0. The molecule has 6 heteroatoms. The van der Waals surface area contributed by atoms with Crippen LogP contribution < -0.4 is 5.73 Å². The number of hydrogen-bond donors (Lipinski definition) is 1. The number of carbonyl (C=O) groups is 1. The largest absolute Gasteiger partial charge is 0.330 e. The van der Waals surface area contributed by atoms with E-state index in [0.29, 0.717) is 18.7 Å².